The smallest absolute Gasteiger partial charge is 0.0812 e. The lowest BCUT2D eigenvalue weighted by molar-refractivity contribution is 1.29. The summed E-state index contributed by atoms with van der Waals surface area (Å²) in [7, 11) is 0. The second-order valence-electron chi connectivity index (χ2n) is 3.80. The standard InChI is InChI=1S/C14H14N2/c1-11-6-7-14(12(2)9-11)16-10-13-5-3-4-8-15-13/h3-10H,1-2H3. The molecule has 0 amide bonds. The number of nitrogens with zero attached hydrogens (tertiary/aromatic N) is 2. The van der Waals surface area contributed by atoms with Gasteiger partial charge in [-0.25, -0.2) is 0 Å². The van der Waals surface area contributed by atoms with Crippen LogP contribution in [0.25, 0.3) is 0 Å². The summed E-state index contributed by atoms with van der Waals surface area (Å²) in [5.41, 5.74) is 4.32. The van der Waals surface area contributed by atoms with Gasteiger partial charge < -0.3 is 0 Å². The highest BCUT2D eigenvalue weighted by Gasteiger charge is 1.95. The Kier molecular flexibility index (Phi) is 3.10. The molecule has 0 atom stereocenters. The first-order valence-corrected chi connectivity index (χ1v) is 5.28. The molecule has 0 aliphatic rings. The Balaban J connectivity index is 2.24. The first-order chi connectivity index (χ1) is 7.75. The Bertz CT molecular complexity index is 501. The van der Waals surface area contributed by atoms with E-state index in [0.29, 0.717) is 0 Å². The van der Waals surface area contributed by atoms with Crippen molar-refractivity contribution < 1.29 is 0 Å². The van der Waals surface area contributed by atoms with E-state index >= 15 is 0 Å². The van der Waals surface area contributed by atoms with Crippen LogP contribution in [0.3, 0.4) is 0 Å². The molecule has 16 heavy (non-hydrogen) atoms. The minimum atomic E-state index is 0.877. The van der Waals surface area contributed by atoms with Crippen LogP contribution in [0.5, 0.6) is 0 Å². The molecule has 0 spiro atoms. The fraction of sp³-hybridized carbons (Fsp3) is 0.143. The van der Waals surface area contributed by atoms with E-state index in [-0.39, 0.29) is 0 Å². The molecule has 2 rings (SSSR count). The van der Waals surface area contributed by atoms with Crippen molar-refractivity contribution in [2.45, 2.75) is 13.8 Å². The molecule has 0 aliphatic heterocycles. The van der Waals surface area contributed by atoms with Crippen LogP contribution in [0.1, 0.15) is 16.8 Å². The fourth-order valence-corrected chi connectivity index (χ4v) is 1.54. The molecule has 0 saturated carbocycles. The van der Waals surface area contributed by atoms with Crippen LogP contribution in [0.2, 0.25) is 0 Å². The SMILES string of the molecule is Cc1ccc(N=Cc2ccccn2)c(C)c1. The van der Waals surface area contributed by atoms with Crippen molar-refractivity contribution in [2.24, 2.45) is 4.99 Å². The average molecular weight is 210 g/mol. The second kappa shape index (κ2) is 4.71. The van der Waals surface area contributed by atoms with Gasteiger partial charge in [0.15, 0.2) is 0 Å². The third kappa shape index (κ3) is 2.54. The van der Waals surface area contributed by atoms with Crippen molar-refractivity contribution in [2.75, 3.05) is 0 Å². The summed E-state index contributed by atoms with van der Waals surface area (Å²) in [6.45, 7) is 4.15. The molecule has 1 aromatic carbocycles. The maximum absolute atomic E-state index is 4.43. The highest BCUT2D eigenvalue weighted by atomic mass is 14.8. The van der Waals surface area contributed by atoms with E-state index < -0.39 is 0 Å². The highest BCUT2D eigenvalue weighted by Crippen LogP contribution is 2.18. The monoisotopic (exact) mass is 210 g/mol. The van der Waals surface area contributed by atoms with Gasteiger partial charge in [0.1, 0.15) is 0 Å². The van der Waals surface area contributed by atoms with Crippen molar-refractivity contribution in [3.8, 4) is 0 Å². The van der Waals surface area contributed by atoms with Crippen molar-refractivity contribution >= 4 is 11.9 Å². The number of aliphatic imine (C=N–C) groups is 1. The second-order valence-corrected chi connectivity index (χ2v) is 3.80. The van der Waals surface area contributed by atoms with E-state index in [1.165, 1.54) is 11.1 Å². The van der Waals surface area contributed by atoms with Gasteiger partial charge in [0, 0.05) is 6.20 Å². The van der Waals surface area contributed by atoms with E-state index in [9.17, 15) is 0 Å². The predicted molar refractivity (Wildman–Crippen MR) is 67.4 cm³/mol. The molecule has 0 bridgehead atoms. The molecule has 0 N–H and O–H groups in total. The molecule has 1 aromatic heterocycles. The van der Waals surface area contributed by atoms with Gasteiger partial charge in [-0.1, -0.05) is 23.8 Å². The molecule has 0 saturated heterocycles. The fourth-order valence-electron chi connectivity index (χ4n) is 1.54. The van der Waals surface area contributed by atoms with Gasteiger partial charge in [-0.15, -0.1) is 0 Å². The number of hydrogen-bond donors (Lipinski definition) is 0. The topological polar surface area (TPSA) is 25.2 Å². The van der Waals surface area contributed by atoms with E-state index in [4.69, 9.17) is 0 Å². The van der Waals surface area contributed by atoms with Gasteiger partial charge in [-0.2, -0.15) is 0 Å². The molecule has 0 radical (unpaired) electrons. The van der Waals surface area contributed by atoms with Gasteiger partial charge >= 0.3 is 0 Å². The summed E-state index contributed by atoms with van der Waals surface area (Å²) in [4.78, 5) is 8.62. The average Bonchev–Trinajstić information content (AvgIpc) is 2.29. The maximum Gasteiger partial charge on any atom is 0.0812 e. The molecule has 0 fully saturated rings. The van der Waals surface area contributed by atoms with E-state index in [1.54, 1.807) is 12.4 Å². The number of aromatic nitrogens is 1. The highest BCUT2D eigenvalue weighted by molar-refractivity contribution is 5.79. The predicted octanol–water partition coefficient (Wildman–Crippen LogP) is 3.45. The van der Waals surface area contributed by atoms with Gasteiger partial charge in [-0.3, -0.25) is 9.98 Å². The third-order valence-corrected chi connectivity index (χ3v) is 2.38. The molecule has 2 heteroatoms. The molecule has 1 heterocycles. The Morgan fingerprint density at radius 1 is 1.12 bits per heavy atom. The van der Waals surface area contributed by atoms with Crippen LogP contribution < -0.4 is 0 Å². The number of aryl methyl sites for hydroxylation is 2. The Labute approximate surface area is 95.7 Å². The first kappa shape index (κ1) is 10.6. The summed E-state index contributed by atoms with van der Waals surface area (Å²) in [6, 6.07) is 12.0. The van der Waals surface area contributed by atoms with E-state index in [1.807, 2.05) is 24.3 Å². The van der Waals surface area contributed by atoms with Crippen molar-refractivity contribution in [1.82, 2.24) is 4.98 Å². The number of pyridine rings is 1. The summed E-state index contributed by atoms with van der Waals surface area (Å²) < 4.78 is 0. The third-order valence-electron chi connectivity index (χ3n) is 2.38. The molecular weight excluding hydrogens is 196 g/mol. The molecule has 0 aliphatic carbocycles. The van der Waals surface area contributed by atoms with E-state index in [0.717, 1.165) is 11.4 Å². The Morgan fingerprint density at radius 3 is 2.69 bits per heavy atom. The molecule has 2 aromatic rings. The normalized spacial score (nSPS) is 10.9. The van der Waals surface area contributed by atoms with Crippen molar-refractivity contribution in [1.29, 1.82) is 0 Å². The van der Waals surface area contributed by atoms with Crippen LogP contribution in [0.4, 0.5) is 5.69 Å². The summed E-state index contributed by atoms with van der Waals surface area (Å²) in [5.74, 6) is 0. The van der Waals surface area contributed by atoms with Crippen LogP contribution in [0.15, 0.2) is 47.6 Å². The van der Waals surface area contributed by atoms with Gasteiger partial charge in [0.05, 0.1) is 17.6 Å². The van der Waals surface area contributed by atoms with Crippen molar-refractivity contribution in [3.63, 3.8) is 0 Å². The Morgan fingerprint density at radius 2 is 2.00 bits per heavy atom. The molecule has 0 unspecified atom stereocenters. The van der Waals surface area contributed by atoms with Gasteiger partial charge in [0.25, 0.3) is 0 Å². The number of hydrogen-bond acceptors (Lipinski definition) is 2. The first-order valence-electron chi connectivity index (χ1n) is 5.28. The van der Waals surface area contributed by atoms with Crippen molar-refractivity contribution in [3.05, 3.63) is 59.4 Å². The summed E-state index contributed by atoms with van der Waals surface area (Å²) in [6.07, 6.45) is 3.56. The zero-order valence-electron chi connectivity index (χ0n) is 9.51. The van der Waals surface area contributed by atoms with Crippen LogP contribution >= 0.6 is 0 Å². The van der Waals surface area contributed by atoms with Gasteiger partial charge in [-0.05, 0) is 37.6 Å². The molecule has 80 valence electrons. The largest absolute Gasteiger partial charge is 0.255 e. The maximum atomic E-state index is 4.43. The number of rotatable bonds is 2. The lowest BCUT2D eigenvalue weighted by Gasteiger charge is -2.00. The lowest BCUT2D eigenvalue weighted by atomic mass is 10.1. The minimum Gasteiger partial charge on any atom is -0.255 e. The quantitative estimate of drug-likeness (QED) is 0.697. The zero-order chi connectivity index (χ0) is 11.4. The van der Waals surface area contributed by atoms with Crippen LogP contribution in [0, 0.1) is 13.8 Å². The van der Waals surface area contributed by atoms with E-state index in [2.05, 4.69) is 36.0 Å². The summed E-state index contributed by atoms with van der Waals surface area (Å²) in [5, 5.41) is 0. The van der Waals surface area contributed by atoms with Crippen LogP contribution in [-0.4, -0.2) is 11.2 Å². The van der Waals surface area contributed by atoms with Gasteiger partial charge in [0.2, 0.25) is 0 Å². The lowest BCUT2D eigenvalue weighted by Crippen LogP contribution is -1.85. The zero-order valence-corrected chi connectivity index (χ0v) is 9.51. The molecule has 2 nitrogen and oxygen atoms in total. The Hall–Kier alpha value is -1.96. The van der Waals surface area contributed by atoms with Crippen LogP contribution in [-0.2, 0) is 0 Å². The summed E-state index contributed by atoms with van der Waals surface area (Å²) >= 11 is 0. The molecular formula is C14H14N2. The minimum absolute atomic E-state index is 0.877. The number of benzene rings is 1.